The number of halogens is 1. The number of aromatic nitrogens is 2. The lowest BCUT2D eigenvalue weighted by atomic mass is 10.1. The van der Waals surface area contributed by atoms with Crippen LogP contribution in [-0.4, -0.2) is 75.4 Å². The van der Waals surface area contributed by atoms with Crippen LogP contribution < -0.4 is 0 Å². The third-order valence-electron chi connectivity index (χ3n) is 5.45. The van der Waals surface area contributed by atoms with Crippen molar-refractivity contribution >= 4 is 23.8 Å². The molecule has 0 bridgehead atoms. The second-order valence-corrected chi connectivity index (χ2v) is 12.2. The number of rotatable bonds is 10. The average Bonchev–Trinajstić information content (AvgIpc) is 2.87. The quantitative estimate of drug-likeness (QED) is 0.310. The van der Waals surface area contributed by atoms with Gasteiger partial charge in [0.05, 0.1) is 11.5 Å². The van der Waals surface area contributed by atoms with Gasteiger partial charge in [-0.25, -0.2) is 9.59 Å². The molecule has 2 atom stereocenters. The number of alkyl halides is 1. The van der Waals surface area contributed by atoms with Gasteiger partial charge in [-0.05, 0) is 90.5 Å². The van der Waals surface area contributed by atoms with Gasteiger partial charge in [0, 0.05) is 52.0 Å². The van der Waals surface area contributed by atoms with Gasteiger partial charge < -0.3 is 24.4 Å². The molecule has 0 saturated heterocycles. The molecule has 1 N–H and O–H groups in total. The molecule has 0 saturated carbocycles. The molecule has 0 fully saturated rings. The van der Waals surface area contributed by atoms with Crippen LogP contribution in [0.3, 0.4) is 0 Å². The first-order valence-corrected chi connectivity index (χ1v) is 14.0. The Hall–Kier alpha value is -2.91. The molecule has 0 aliphatic rings. The number of carbonyl (C=O) groups is 2. The number of hydrogen-bond donors (Lipinski definition) is 1. The summed E-state index contributed by atoms with van der Waals surface area (Å²) in [7, 11) is 3.44. The molecule has 2 amide bonds. The van der Waals surface area contributed by atoms with E-state index < -0.39 is 17.3 Å². The lowest BCUT2D eigenvalue weighted by Crippen LogP contribution is -2.34. The van der Waals surface area contributed by atoms with Gasteiger partial charge >= 0.3 is 12.2 Å². The number of nitrogens with zero attached hydrogens (tertiary/aromatic N) is 4. The minimum absolute atomic E-state index is 0.0734. The highest BCUT2D eigenvalue weighted by atomic mass is 35.5. The van der Waals surface area contributed by atoms with Crippen molar-refractivity contribution in [3.63, 3.8) is 0 Å². The Labute approximate surface area is 244 Å². The Morgan fingerprint density at radius 1 is 0.825 bits per heavy atom. The van der Waals surface area contributed by atoms with E-state index in [0.29, 0.717) is 25.9 Å². The zero-order valence-electron chi connectivity index (χ0n) is 25.3. The van der Waals surface area contributed by atoms with Crippen molar-refractivity contribution in [2.75, 3.05) is 27.2 Å². The molecular formula is C30H47ClN4O5. The Morgan fingerprint density at radius 3 is 1.65 bits per heavy atom. The standard InChI is InChI=1S/C15H23ClN2O2.C15H24N2O3/c1-15(2,3)20-14(19)18(4)10-6-8-13(16)12-7-5-9-17-11-12;1-15(2,3)20-14(19)17(4)10-6-8-13(18)12-7-5-9-16-11-12/h5,7,9,11,13H,6,8,10H2,1-4H3;5,7,9,11,13,18H,6,8,10H2,1-4H3/t2*13-/m11/s1. The Morgan fingerprint density at radius 2 is 1.25 bits per heavy atom. The van der Waals surface area contributed by atoms with Crippen molar-refractivity contribution in [2.24, 2.45) is 0 Å². The van der Waals surface area contributed by atoms with Crippen molar-refractivity contribution in [1.82, 2.24) is 19.8 Å². The van der Waals surface area contributed by atoms with E-state index in [1.54, 1.807) is 49.8 Å². The molecule has 2 aromatic rings. The van der Waals surface area contributed by atoms with Gasteiger partial charge in [0.1, 0.15) is 11.2 Å². The summed E-state index contributed by atoms with van der Waals surface area (Å²) in [4.78, 5) is 34.6. The molecule has 0 spiro atoms. The minimum Gasteiger partial charge on any atom is -0.444 e. The molecule has 40 heavy (non-hydrogen) atoms. The number of amides is 2. The fraction of sp³-hybridized carbons (Fsp3) is 0.600. The number of aliphatic hydroxyl groups is 1. The van der Waals surface area contributed by atoms with Gasteiger partial charge in [-0.15, -0.1) is 11.6 Å². The second-order valence-electron chi connectivity index (χ2n) is 11.6. The zero-order valence-corrected chi connectivity index (χ0v) is 26.0. The smallest absolute Gasteiger partial charge is 0.410 e. The second kappa shape index (κ2) is 17.0. The molecule has 224 valence electrons. The summed E-state index contributed by atoms with van der Waals surface area (Å²) < 4.78 is 10.5. The number of pyridine rings is 2. The predicted octanol–water partition coefficient (Wildman–Crippen LogP) is 6.77. The first-order chi connectivity index (χ1) is 18.6. The maximum atomic E-state index is 11.8. The van der Waals surface area contributed by atoms with Crippen molar-refractivity contribution in [3.05, 3.63) is 60.2 Å². The van der Waals surface area contributed by atoms with Crippen LogP contribution in [0.4, 0.5) is 9.59 Å². The minimum atomic E-state index is -0.546. The van der Waals surface area contributed by atoms with Crippen LogP contribution in [0.15, 0.2) is 49.1 Å². The lowest BCUT2D eigenvalue weighted by molar-refractivity contribution is 0.0282. The van der Waals surface area contributed by atoms with Crippen LogP contribution in [0.1, 0.15) is 89.8 Å². The fourth-order valence-electron chi connectivity index (χ4n) is 3.36. The first-order valence-electron chi connectivity index (χ1n) is 13.6. The van der Waals surface area contributed by atoms with Crippen LogP contribution >= 0.6 is 11.6 Å². The van der Waals surface area contributed by atoms with Crippen LogP contribution in [0.2, 0.25) is 0 Å². The van der Waals surface area contributed by atoms with Crippen molar-refractivity contribution in [1.29, 1.82) is 0 Å². The molecule has 0 aliphatic carbocycles. The van der Waals surface area contributed by atoms with E-state index in [2.05, 4.69) is 9.97 Å². The summed E-state index contributed by atoms with van der Waals surface area (Å²) in [5.74, 6) is 0. The van der Waals surface area contributed by atoms with Gasteiger partial charge in [0.15, 0.2) is 0 Å². The molecule has 0 unspecified atom stereocenters. The summed E-state index contributed by atoms with van der Waals surface area (Å²) in [5.41, 5.74) is 0.859. The molecule has 0 radical (unpaired) electrons. The highest BCUT2D eigenvalue weighted by Gasteiger charge is 2.20. The molecule has 2 aromatic heterocycles. The van der Waals surface area contributed by atoms with Crippen LogP contribution in [0, 0.1) is 0 Å². The molecular weight excluding hydrogens is 532 g/mol. The lowest BCUT2D eigenvalue weighted by Gasteiger charge is -2.24. The third kappa shape index (κ3) is 15.6. The molecule has 2 rings (SSSR count). The summed E-state index contributed by atoms with van der Waals surface area (Å²) in [5, 5.41) is 9.91. The van der Waals surface area contributed by atoms with E-state index in [0.717, 1.165) is 24.0 Å². The summed E-state index contributed by atoms with van der Waals surface area (Å²) in [6.07, 6.45) is 8.53. The largest absolute Gasteiger partial charge is 0.444 e. The maximum Gasteiger partial charge on any atom is 0.410 e. The van der Waals surface area contributed by atoms with Crippen molar-refractivity contribution in [2.45, 2.75) is 89.9 Å². The predicted molar refractivity (Wildman–Crippen MR) is 158 cm³/mol. The van der Waals surface area contributed by atoms with Crippen LogP contribution in [0.5, 0.6) is 0 Å². The maximum absolute atomic E-state index is 11.8. The molecule has 10 heteroatoms. The third-order valence-corrected chi connectivity index (χ3v) is 5.92. The fourth-order valence-corrected chi connectivity index (χ4v) is 3.64. The summed E-state index contributed by atoms with van der Waals surface area (Å²) in [6, 6.07) is 7.47. The summed E-state index contributed by atoms with van der Waals surface area (Å²) >= 11 is 6.30. The number of hydrogen-bond acceptors (Lipinski definition) is 7. The monoisotopic (exact) mass is 578 g/mol. The van der Waals surface area contributed by atoms with Gasteiger partial charge in [-0.2, -0.15) is 0 Å². The van der Waals surface area contributed by atoms with E-state index in [-0.39, 0.29) is 17.6 Å². The van der Waals surface area contributed by atoms with E-state index in [1.165, 1.54) is 4.90 Å². The highest BCUT2D eigenvalue weighted by molar-refractivity contribution is 6.20. The first kappa shape index (κ1) is 35.1. The van der Waals surface area contributed by atoms with Gasteiger partial charge in [-0.1, -0.05) is 12.1 Å². The van der Waals surface area contributed by atoms with Crippen LogP contribution in [0.25, 0.3) is 0 Å². The number of aliphatic hydroxyl groups excluding tert-OH is 1. The zero-order chi connectivity index (χ0) is 30.3. The Balaban J connectivity index is 0.000000400. The van der Waals surface area contributed by atoms with Crippen molar-refractivity contribution < 1.29 is 24.2 Å². The molecule has 0 aromatic carbocycles. The van der Waals surface area contributed by atoms with Gasteiger partial charge in [0.25, 0.3) is 0 Å². The van der Waals surface area contributed by atoms with E-state index >= 15 is 0 Å². The van der Waals surface area contributed by atoms with Gasteiger partial charge in [-0.3, -0.25) is 9.97 Å². The molecule has 0 aliphatic heterocycles. The number of carbonyl (C=O) groups excluding carboxylic acids is 2. The van der Waals surface area contributed by atoms with Crippen molar-refractivity contribution in [3.8, 4) is 0 Å². The topological polar surface area (TPSA) is 105 Å². The van der Waals surface area contributed by atoms with E-state index in [1.807, 2.05) is 59.7 Å². The van der Waals surface area contributed by atoms with E-state index in [9.17, 15) is 14.7 Å². The van der Waals surface area contributed by atoms with Gasteiger partial charge in [0.2, 0.25) is 0 Å². The Kier molecular flexibility index (Phi) is 14.9. The van der Waals surface area contributed by atoms with Crippen LogP contribution in [-0.2, 0) is 9.47 Å². The average molecular weight is 579 g/mol. The Bertz CT molecular complexity index is 915. The SMILES string of the molecule is CN(CCC[C@@H](Cl)c1cccnc1)C(=O)OC(C)(C)C.CN(CCC[C@@H](O)c1cccnc1)C(=O)OC(C)(C)C. The molecule has 2 heterocycles. The highest BCUT2D eigenvalue weighted by Crippen LogP contribution is 2.24. The normalized spacial score (nSPS) is 12.8. The number of ether oxygens (including phenoxy) is 2. The van der Waals surface area contributed by atoms with E-state index in [4.69, 9.17) is 21.1 Å². The molecule has 9 nitrogen and oxygen atoms in total. The summed E-state index contributed by atoms with van der Waals surface area (Å²) in [6.45, 7) is 12.3.